The molecule has 0 aliphatic heterocycles. The van der Waals surface area contributed by atoms with E-state index >= 15 is 0 Å². The molecule has 2 heteroatoms. The van der Waals surface area contributed by atoms with Crippen molar-refractivity contribution in [3.8, 4) is 9.86 Å². The second kappa shape index (κ2) is 11.1. The summed E-state index contributed by atoms with van der Waals surface area (Å²) in [7, 11) is 0. The van der Waals surface area contributed by atoms with Crippen molar-refractivity contribution in [3.05, 3.63) is 30.1 Å². The van der Waals surface area contributed by atoms with Crippen LogP contribution in [0.2, 0.25) is 13.3 Å². The Morgan fingerprint density at radius 3 is 1.76 bits per heavy atom. The number of aromatic nitrogens is 1. The number of unbranched alkanes of at least 4 members (excludes halogenated alkanes) is 3. The summed E-state index contributed by atoms with van der Waals surface area (Å²) in [4.78, 5) is 4.09. The normalized spacial score (nSPS) is 11.0. The Kier molecular flexibility index (Phi) is 9.83. The minimum atomic E-state index is -2.27. The zero-order valence-corrected chi connectivity index (χ0v) is 17.0. The van der Waals surface area contributed by atoms with Crippen LogP contribution in [0.5, 0.6) is 0 Å². The van der Waals surface area contributed by atoms with Crippen molar-refractivity contribution in [2.24, 2.45) is 0 Å². The molecule has 0 spiro atoms. The number of hydrogen-bond donors (Lipinski definition) is 0. The van der Waals surface area contributed by atoms with Gasteiger partial charge in [0.1, 0.15) is 0 Å². The van der Waals surface area contributed by atoms with Crippen molar-refractivity contribution in [1.82, 2.24) is 4.98 Å². The van der Waals surface area contributed by atoms with Gasteiger partial charge in [0.05, 0.1) is 0 Å². The first-order chi connectivity index (χ1) is 10.3. The van der Waals surface area contributed by atoms with E-state index in [2.05, 4.69) is 35.6 Å². The molecule has 1 heterocycles. The van der Waals surface area contributed by atoms with Gasteiger partial charge in [-0.1, -0.05) is 0 Å². The minimum absolute atomic E-state index is 1.15. The molecule has 0 aliphatic rings. The molecule has 0 unspecified atom stereocenters. The van der Waals surface area contributed by atoms with Gasteiger partial charge < -0.3 is 0 Å². The van der Waals surface area contributed by atoms with Crippen molar-refractivity contribution in [3.63, 3.8) is 0 Å². The number of pyridine rings is 1. The molecule has 0 saturated carbocycles. The third-order valence-electron chi connectivity index (χ3n) is 4.18. The standard InChI is InChI=1S/C7H4N.3C4H9.Sn/c1-2-7-3-5-8-6-4-7;3*1-3-4-2;/h3-6H;3*1,3-4H2,2H3;. The molecule has 0 N–H and O–H groups in total. The van der Waals surface area contributed by atoms with Crippen LogP contribution in [-0.4, -0.2) is 23.4 Å². The molecule has 1 nitrogen and oxygen atoms in total. The Hall–Kier alpha value is -0.491. The summed E-state index contributed by atoms with van der Waals surface area (Å²) in [5, 5.41) is 0. The average Bonchev–Trinajstić information content (AvgIpc) is 2.54. The van der Waals surface area contributed by atoms with Crippen molar-refractivity contribution in [2.45, 2.75) is 72.6 Å². The van der Waals surface area contributed by atoms with Crippen LogP contribution < -0.4 is 0 Å². The van der Waals surface area contributed by atoms with Crippen molar-refractivity contribution in [2.75, 3.05) is 0 Å². The van der Waals surface area contributed by atoms with Gasteiger partial charge in [-0.3, -0.25) is 0 Å². The van der Waals surface area contributed by atoms with Crippen LogP contribution in [0.15, 0.2) is 24.5 Å². The van der Waals surface area contributed by atoms with E-state index < -0.39 is 18.4 Å². The van der Waals surface area contributed by atoms with E-state index in [0.29, 0.717) is 0 Å². The van der Waals surface area contributed by atoms with Crippen LogP contribution >= 0.6 is 0 Å². The predicted octanol–water partition coefficient (Wildman–Crippen LogP) is 5.82. The maximum absolute atomic E-state index is 4.09. The van der Waals surface area contributed by atoms with Crippen molar-refractivity contribution < 1.29 is 0 Å². The Bertz CT molecular complexity index is 408. The van der Waals surface area contributed by atoms with Gasteiger partial charge in [0.2, 0.25) is 0 Å². The summed E-state index contributed by atoms with van der Waals surface area (Å²) in [5.74, 6) is 3.52. The summed E-state index contributed by atoms with van der Waals surface area (Å²) >= 11 is -2.27. The fourth-order valence-corrected chi connectivity index (χ4v) is 15.9. The van der Waals surface area contributed by atoms with E-state index in [1.165, 1.54) is 51.8 Å². The molecule has 1 aromatic heterocycles. The van der Waals surface area contributed by atoms with Crippen molar-refractivity contribution >= 4 is 18.4 Å². The fraction of sp³-hybridized carbons (Fsp3) is 0.632. The van der Waals surface area contributed by atoms with Gasteiger partial charge in [0, 0.05) is 0 Å². The molecule has 0 bridgehead atoms. The third-order valence-corrected chi connectivity index (χ3v) is 17.3. The molecule has 0 radical (unpaired) electrons. The Labute approximate surface area is 135 Å². The zero-order chi connectivity index (χ0) is 15.4. The molecule has 0 atom stereocenters. The van der Waals surface area contributed by atoms with Crippen LogP contribution in [0, 0.1) is 9.86 Å². The molecular weight excluding hydrogens is 361 g/mol. The third kappa shape index (κ3) is 7.36. The first kappa shape index (κ1) is 18.6. The van der Waals surface area contributed by atoms with E-state index in [0.717, 1.165) is 5.56 Å². The summed E-state index contributed by atoms with van der Waals surface area (Å²) in [6.07, 6.45) is 11.8. The monoisotopic (exact) mass is 393 g/mol. The van der Waals surface area contributed by atoms with Crippen molar-refractivity contribution in [1.29, 1.82) is 0 Å². The topological polar surface area (TPSA) is 12.9 Å². The summed E-state index contributed by atoms with van der Waals surface area (Å²) in [6, 6.07) is 4.09. The average molecular weight is 392 g/mol. The second-order valence-electron chi connectivity index (χ2n) is 6.08. The first-order valence-corrected chi connectivity index (χ1v) is 16.2. The summed E-state index contributed by atoms with van der Waals surface area (Å²) in [6.45, 7) is 6.94. The Morgan fingerprint density at radius 2 is 1.33 bits per heavy atom. The first-order valence-electron chi connectivity index (χ1n) is 8.69. The van der Waals surface area contributed by atoms with Crippen LogP contribution in [0.3, 0.4) is 0 Å². The van der Waals surface area contributed by atoms with E-state index in [1.54, 1.807) is 0 Å². The number of hydrogen-bond acceptors (Lipinski definition) is 1. The van der Waals surface area contributed by atoms with Gasteiger partial charge in [0.25, 0.3) is 0 Å². The van der Waals surface area contributed by atoms with E-state index in [1.807, 2.05) is 24.5 Å². The number of rotatable bonds is 9. The SMILES string of the molecule is CCC[CH2][Sn]([C]#Cc1ccncc1)([CH2]CCC)[CH2]CCC. The second-order valence-corrected chi connectivity index (χ2v) is 18.4. The Balaban J connectivity index is 2.92. The molecule has 0 aromatic carbocycles. The van der Waals surface area contributed by atoms with Gasteiger partial charge in [-0.15, -0.1) is 0 Å². The molecule has 116 valence electrons. The van der Waals surface area contributed by atoms with Gasteiger partial charge in [-0.25, -0.2) is 0 Å². The van der Waals surface area contributed by atoms with Gasteiger partial charge >= 0.3 is 136 Å². The van der Waals surface area contributed by atoms with Crippen LogP contribution in [0.1, 0.15) is 64.9 Å². The maximum atomic E-state index is 4.09. The molecular formula is C19H31NSn. The van der Waals surface area contributed by atoms with E-state index in [4.69, 9.17) is 0 Å². The van der Waals surface area contributed by atoms with Gasteiger partial charge in [-0.05, 0) is 0 Å². The summed E-state index contributed by atoms with van der Waals surface area (Å²) < 4.78 is 8.27. The molecule has 0 saturated heterocycles. The summed E-state index contributed by atoms with van der Waals surface area (Å²) in [5.41, 5.74) is 1.15. The van der Waals surface area contributed by atoms with E-state index in [9.17, 15) is 0 Å². The van der Waals surface area contributed by atoms with Gasteiger partial charge in [0.15, 0.2) is 0 Å². The molecule has 1 aromatic rings. The van der Waals surface area contributed by atoms with Crippen LogP contribution in [0.4, 0.5) is 0 Å². The quantitative estimate of drug-likeness (QED) is 0.381. The van der Waals surface area contributed by atoms with Gasteiger partial charge in [-0.2, -0.15) is 0 Å². The van der Waals surface area contributed by atoms with E-state index in [-0.39, 0.29) is 0 Å². The molecule has 1 rings (SSSR count). The molecule has 0 fully saturated rings. The zero-order valence-electron chi connectivity index (χ0n) is 14.1. The molecule has 21 heavy (non-hydrogen) atoms. The predicted molar refractivity (Wildman–Crippen MR) is 96.0 cm³/mol. The molecule has 0 amide bonds. The number of nitrogens with zero attached hydrogens (tertiary/aromatic N) is 1. The molecule has 0 aliphatic carbocycles. The van der Waals surface area contributed by atoms with Crippen LogP contribution in [0.25, 0.3) is 0 Å². The fourth-order valence-electron chi connectivity index (χ4n) is 2.75. The Morgan fingerprint density at radius 1 is 0.857 bits per heavy atom. The van der Waals surface area contributed by atoms with Crippen LogP contribution in [-0.2, 0) is 0 Å².